The van der Waals surface area contributed by atoms with Crippen LogP contribution in [0.3, 0.4) is 0 Å². The van der Waals surface area contributed by atoms with Gasteiger partial charge in [-0.05, 0) is 13.0 Å². The van der Waals surface area contributed by atoms with Gasteiger partial charge < -0.3 is 9.80 Å². The van der Waals surface area contributed by atoms with Gasteiger partial charge in [-0.2, -0.15) is 0 Å². The molecule has 2 heteroatoms. The van der Waals surface area contributed by atoms with E-state index in [1.165, 1.54) is 5.82 Å². The monoisotopic (exact) mass is 124 g/mol. The largest absolute Gasteiger partial charge is 0.336 e. The first kappa shape index (κ1) is 6.20. The maximum Gasteiger partial charge on any atom is 0.107 e. The highest BCUT2D eigenvalue weighted by molar-refractivity contribution is 5.11. The number of hydrogen-bond acceptors (Lipinski definition) is 2. The van der Waals surface area contributed by atoms with Gasteiger partial charge in [-0.25, -0.2) is 0 Å². The van der Waals surface area contributed by atoms with E-state index in [0.717, 1.165) is 0 Å². The molecule has 0 aliphatic carbocycles. The van der Waals surface area contributed by atoms with Gasteiger partial charge in [0.05, 0.1) is 0 Å². The average molecular weight is 124 g/mol. The number of rotatable bonds is 0. The Hall–Kier alpha value is -0.920. The number of nitrogens with zero attached hydrogens (tertiary/aromatic N) is 2. The molecule has 0 fully saturated rings. The van der Waals surface area contributed by atoms with Gasteiger partial charge in [0.15, 0.2) is 0 Å². The van der Waals surface area contributed by atoms with Crippen LogP contribution in [0, 0.1) is 0 Å². The summed E-state index contributed by atoms with van der Waals surface area (Å²) in [4.78, 5) is 4.17. The highest BCUT2D eigenvalue weighted by Gasteiger charge is 2.09. The zero-order valence-corrected chi connectivity index (χ0v) is 6.13. The molecule has 0 atom stereocenters. The van der Waals surface area contributed by atoms with Crippen LogP contribution in [0.4, 0.5) is 0 Å². The summed E-state index contributed by atoms with van der Waals surface area (Å²) < 4.78 is 0. The van der Waals surface area contributed by atoms with Gasteiger partial charge in [0, 0.05) is 26.5 Å². The molecular weight excluding hydrogens is 112 g/mol. The van der Waals surface area contributed by atoms with Gasteiger partial charge in [-0.3, -0.25) is 0 Å². The van der Waals surface area contributed by atoms with Crippen molar-refractivity contribution in [2.75, 3.05) is 14.1 Å². The Bertz CT molecular complexity index is 144. The number of allylic oxidation sites excluding steroid dienone is 1. The topological polar surface area (TPSA) is 6.48 Å². The van der Waals surface area contributed by atoms with Crippen LogP contribution in [0.1, 0.15) is 6.92 Å². The Balaban J connectivity index is 2.76. The van der Waals surface area contributed by atoms with Gasteiger partial charge in [0.25, 0.3) is 0 Å². The first-order chi connectivity index (χ1) is 4.25. The summed E-state index contributed by atoms with van der Waals surface area (Å²) in [6.07, 6.45) is 6.16. The van der Waals surface area contributed by atoms with E-state index in [9.17, 15) is 0 Å². The van der Waals surface area contributed by atoms with Crippen LogP contribution in [0.25, 0.3) is 0 Å². The van der Waals surface area contributed by atoms with Crippen molar-refractivity contribution in [2.45, 2.75) is 6.92 Å². The second-order valence-electron chi connectivity index (χ2n) is 2.17. The molecule has 0 amide bonds. The lowest BCUT2D eigenvalue weighted by Gasteiger charge is -2.16. The van der Waals surface area contributed by atoms with E-state index in [2.05, 4.69) is 15.9 Å². The van der Waals surface area contributed by atoms with E-state index in [-0.39, 0.29) is 0 Å². The summed E-state index contributed by atoms with van der Waals surface area (Å²) in [5.41, 5.74) is 0. The average Bonchev–Trinajstić information content (AvgIpc) is 2.12. The first-order valence-electron chi connectivity index (χ1n) is 3.06. The van der Waals surface area contributed by atoms with E-state index >= 15 is 0 Å². The molecule has 1 aliphatic heterocycles. The molecule has 0 unspecified atom stereocenters. The van der Waals surface area contributed by atoms with Crippen molar-refractivity contribution < 1.29 is 0 Å². The maximum absolute atomic E-state index is 2.08. The molecule has 0 aromatic rings. The fraction of sp³-hybridized carbons (Fsp3) is 0.429. The third-order valence-corrected chi connectivity index (χ3v) is 1.49. The van der Waals surface area contributed by atoms with Crippen LogP contribution < -0.4 is 0 Å². The highest BCUT2D eigenvalue weighted by Crippen LogP contribution is 2.13. The van der Waals surface area contributed by atoms with Crippen molar-refractivity contribution in [3.8, 4) is 0 Å². The van der Waals surface area contributed by atoms with Crippen molar-refractivity contribution in [1.82, 2.24) is 9.80 Å². The Morgan fingerprint density at radius 1 is 1.22 bits per heavy atom. The lowest BCUT2D eigenvalue weighted by atomic mass is 10.5. The van der Waals surface area contributed by atoms with Gasteiger partial charge in [-0.15, -0.1) is 0 Å². The molecule has 50 valence electrons. The predicted molar refractivity (Wildman–Crippen MR) is 38.4 cm³/mol. The van der Waals surface area contributed by atoms with Crippen molar-refractivity contribution in [1.29, 1.82) is 0 Å². The summed E-state index contributed by atoms with van der Waals surface area (Å²) in [6, 6.07) is 0. The molecule has 0 radical (unpaired) electrons. The van der Waals surface area contributed by atoms with Gasteiger partial charge in [0.1, 0.15) is 5.82 Å². The molecule has 0 saturated carbocycles. The maximum atomic E-state index is 2.08. The molecule has 1 heterocycles. The zero-order chi connectivity index (χ0) is 6.85. The molecule has 0 bridgehead atoms. The molecule has 0 saturated heterocycles. The van der Waals surface area contributed by atoms with Crippen LogP contribution in [-0.2, 0) is 0 Å². The summed E-state index contributed by atoms with van der Waals surface area (Å²) in [5.74, 6) is 1.23. The lowest BCUT2D eigenvalue weighted by Crippen LogP contribution is -2.15. The van der Waals surface area contributed by atoms with E-state index in [1.54, 1.807) is 0 Å². The van der Waals surface area contributed by atoms with Crippen molar-refractivity contribution >= 4 is 0 Å². The van der Waals surface area contributed by atoms with Crippen molar-refractivity contribution in [2.24, 2.45) is 0 Å². The molecule has 9 heavy (non-hydrogen) atoms. The van der Waals surface area contributed by atoms with E-state index in [0.29, 0.717) is 0 Å². The van der Waals surface area contributed by atoms with Crippen LogP contribution in [-0.4, -0.2) is 23.9 Å². The summed E-state index contributed by atoms with van der Waals surface area (Å²) in [5, 5.41) is 0. The smallest absolute Gasteiger partial charge is 0.107 e. The van der Waals surface area contributed by atoms with E-state index < -0.39 is 0 Å². The SMILES string of the molecule is CC=C1N(C)C=CN1C. The minimum absolute atomic E-state index is 1.23. The van der Waals surface area contributed by atoms with Crippen LogP contribution in [0.15, 0.2) is 24.3 Å². The molecule has 0 spiro atoms. The fourth-order valence-corrected chi connectivity index (χ4v) is 1.01. The lowest BCUT2D eigenvalue weighted by molar-refractivity contribution is 0.446. The molecular formula is C7H12N2. The minimum Gasteiger partial charge on any atom is -0.336 e. The van der Waals surface area contributed by atoms with E-state index in [4.69, 9.17) is 0 Å². The first-order valence-corrected chi connectivity index (χ1v) is 3.06. The van der Waals surface area contributed by atoms with Gasteiger partial charge in [0.2, 0.25) is 0 Å². The Morgan fingerprint density at radius 3 is 1.89 bits per heavy atom. The van der Waals surface area contributed by atoms with Gasteiger partial charge in [-0.1, -0.05) is 0 Å². The van der Waals surface area contributed by atoms with Crippen LogP contribution in [0.5, 0.6) is 0 Å². The summed E-state index contributed by atoms with van der Waals surface area (Å²) in [7, 11) is 4.07. The molecule has 0 aromatic carbocycles. The highest BCUT2D eigenvalue weighted by atomic mass is 15.3. The minimum atomic E-state index is 1.23. The summed E-state index contributed by atoms with van der Waals surface area (Å²) >= 11 is 0. The Labute approximate surface area is 56.1 Å². The molecule has 2 nitrogen and oxygen atoms in total. The number of hydrogen-bond donors (Lipinski definition) is 0. The van der Waals surface area contributed by atoms with Gasteiger partial charge >= 0.3 is 0 Å². The molecule has 1 rings (SSSR count). The van der Waals surface area contributed by atoms with Crippen molar-refractivity contribution in [3.63, 3.8) is 0 Å². The van der Waals surface area contributed by atoms with Crippen LogP contribution >= 0.6 is 0 Å². The molecule has 0 aromatic heterocycles. The van der Waals surface area contributed by atoms with E-state index in [1.807, 2.05) is 33.4 Å². The second-order valence-corrected chi connectivity index (χ2v) is 2.17. The molecule has 1 aliphatic rings. The standard InChI is InChI=1S/C7H12N2/c1-4-7-8(2)5-6-9(7)3/h4-6H,1-3H3. The predicted octanol–water partition coefficient (Wildman–Crippen LogP) is 1.20. The Morgan fingerprint density at radius 2 is 1.67 bits per heavy atom. The van der Waals surface area contributed by atoms with Crippen LogP contribution in [0.2, 0.25) is 0 Å². The second kappa shape index (κ2) is 2.13. The quantitative estimate of drug-likeness (QED) is 0.478. The third-order valence-electron chi connectivity index (χ3n) is 1.49. The zero-order valence-electron chi connectivity index (χ0n) is 6.13. The Kier molecular flexibility index (Phi) is 1.47. The van der Waals surface area contributed by atoms with Crippen molar-refractivity contribution in [3.05, 3.63) is 24.3 Å². The normalized spacial score (nSPS) is 17.4. The summed E-state index contributed by atoms with van der Waals surface area (Å²) in [6.45, 7) is 2.04. The fourth-order valence-electron chi connectivity index (χ4n) is 1.01. The third kappa shape index (κ3) is 0.922. The molecule has 0 N–H and O–H groups in total.